The monoisotopic (exact) mass is 448 g/mol. The zero-order chi connectivity index (χ0) is 24.0. The van der Waals surface area contributed by atoms with Crippen LogP contribution in [0.4, 0.5) is 22.0 Å². The molecule has 0 aliphatic carbocycles. The molecule has 1 heterocycles. The summed E-state index contributed by atoms with van der Waals surface area (Å²) in [5.74, 6) is -1.16. The average Bonchev–Trinajstić information content (AvgIpc) is 2.59. The topological polar surface area (TPSA) is 90.1 Å². The maximum absolute atomic E-state index is 12.9. The van der Waals surface area contributed by atoms with Gasteiger partial charge in [-0.3, -0.25) is 9.78 Å². The Morgan fingerprint density at radius 2 is 1.58 bits per heavy atom. The van der Waals surface area contributed by atoms with Crippen molar-refractivity contribution in [3.8, 4) is 5.75 Å². The van der Waals surface area contributed by atoms with Crippen molar-refractivity contribution >= 4 is 5.91 Å². The first-order chi connectivity index (χ1) is 14.0. The highest BCUT2D eigenvalue weighted by molar-refractivity contribution is 5.92. The number of nitrogens with one attached hydrogen (secondary N) is 1. The number of benzene rings is 1. The van der Waals surface area contributed by atoms with Gasteiger partial charge in [0.1, 0.15) is 11.4 Å². The Kier molecular flexibility index (Phi) is 8.45. The van der Waals surface area contributed by atoms with Crippen molar-refractivity contribution in [2.75, 3.05) is 0 Å². The number of hydrogen-bond acceptors (Lipinski definition) is 5. The molecule has 1 unspecified atom stereocenters. The highest BCUT2D eigenvalue weighted by Crippen LogP contribution is 2.37. The van der Waals surface area contributed by atoms with Gasteiger partial charge in [0.05, 0.1) is 17.9 Å². The van der Waals surface area contributed by atoms with Crippen LogP contribution >= 0.6 is 0 Å². The van der Waals surface area contributed by atoms with Gasteiger partial charge in [-0.1, -0.05) is 12.1 Å². The molecule has 1 atom stereocenters. The van der Waals surface area contributed by atoms with Gasteiger partial charge in [-0.05, 0) is 52.3 Å². The smallest absolute Gasteiger partial charge is 0.426 e. The van der Waals surface area contributed by atoms with E-state index in [1.807, 2.05) is 20.8 Å². The minimum atomic E-state index is -5.82. The van der Waals surface area contributed by atoms with Crippen LogP contribution in [0.2, 0.25) is 0 Å². The largest absolute Gasteiger partial charge is 0.499 e. The van der Waals surface area contributed by atoms with E-state index >= 15 is 0 Å². The summed E-state index contributed by atoms with van der Waals surface area (Å²) < 4.78 is 65.8. The highest BCUT2D eigenvalue weighted by Gasteiger charge is 2.61. The van der Waals surface area contributed by atoms with Crippen LogP contribution in [0, 0.1) is 6.92 Å². The summed E-state index contributed by atoms with van der Waals surface area (Å²) in [7, 11) is 0. The van der Waals surface area contributed by atoms with E-state index in [9.17, 15) is 26.7 Å². The quantitative estimate of drug-likeness (QED) is 0.655. The Bertz CT molecular complexity index is 859. The SMILES string of the molecule is CC(C)(C)N.Cc1cncc(C(=O)NC(C)c2ccc(OC(F)(F)C(F)(F)F)cc2)n1. The van der Waals surface area contributed by atoms with E-state index in [4.69, 9.17) is 5.73 Å². The molecule has 172 valence electrons. The predicted octanol–water partition coefficient (Wildman–Crippen LogP) is 4.55. The van der Waals surface area contributed by atoms with Crippen molar-refractivity contribution in [2.45, 2.75) is 58.5 Å². The lowest BCUT2D eigenvalue weighted by Gasteiger charge is -2.20. The fourth-order valence-corrected chi connectivity index (χ4v) is 1.96. The summed E-state index contributed by atoms with van der Waals surface area (Å²) in [4.78, 5) is 19.9. The van der Waals surface area contributed by atoms with Gasteiger partial charge in [0.15, 0.2) is 0 Å². The zero-order valence-corrected chi connectivity index (χ0v) is 17.7. The molecule has 1 aromatic carbocycles. The summed E-state index contributed by atoms with van der Waals surface area (Å²) in [6.45, 7) is 9.18. The first-order valence-corrected chi connectivity index (χ1v) is 9.11. The van der Waals surface area contributed by atoms with Crippen LogP contribution in [0.15, 0.2) is 36.7 Å². The number of nitrogens with zero attached hydrogens (tertiary/aromatic N) is 2. The van der Waals surface area contributed by atoms with E-state index in [1.54, 1.807) is 13.8 Å². The average molecular weight is 448 g/mol. The number of aryl methyl sites for hydroxylation is 1. The highest BCUT2D eigenvalue weighted by atomic mass is 19.4. The van der Waals surface area contributed by atoms with Gasteiger partial charge in [-0.25, -0.2) is 4.98 Å². The van der Waals surface area contributed by atoms with Crippen molar-refractivity contribution in [3.05, 3.63) is 53.6 Å². The number of carbonyl (C=O) groups excluding carboxylic acids is 1. The molecule has 0 fully saturated rings. The van der Waals surface area contributed by atoms with Crippen LogP contribution in [0.5, 0.6) is 5.75 Å². The second kappa shape index (κ2) is 9.99. The molecule has 0 radical (unpaired) electrons. The molecule has 0 saturated heterocycles. The van der Waals surface area contributed by atoms with Crippen molar-refractivity contribution in [1.29, 1.82) is 0 Å². The fraction of sp³-hybridized carbons (Fsp3) is 0.450. The molecule has 1 amide bonds. The second-order valence-electron chi connectivity index (χ2n) is 7.79. The van der Waals surface area contributed by atoms with Gasteiger partial charge in [0.2, 0.25) is 0 Å². The first-order valence-electron chi connectivity index (χ1n) is 9.11. The summed E-state index contributed by atoms with van der Waals surface area (Å²) in [6, 6.07) is 3.92. The molecule has 0 aliphatic rings. The van der Waals surface area contributed by atoms with Crippen LogP contribution < -0.4 is 15.8 Å². The first kappa shape index (κ1) is 26.2. The number of amides is 1. The molecular formula is C20H25F5N4O2. The zero-order valence-electron chi connectivity index (χ0n) is 17.7. The summed E-state index contributed by atoms with van der Waals surface area (Å²) >= 11 is 0. The molecule has 0 spiro atoms. The van der Waals surface area contributed by atoms with E-state index in [2.05, 4.69) is 20.0 Å². The number of hydrogen-bond donors (Lipinski definition) is 2. The molecule has 1 aromatic heterocycles. The molecule has 31 heavy (non-hydrogen) atoms. The second-order valence-corrected chi connectivity index (χ2v) is 7.79. The molecule has 11 heteroatoms. The van der Waals surface area contributed by atoms with Gasteiger partial charge < -0.3 is 15.8 Å². The summed E-state index contributed by atoms with van der Waals surface area (Å²) in [6.07, 6.45) is -8.35. The Labute approximate surface area is 177 Å². The van der Waals surface area contributed by atoms with E-state index in [-0.39, 0.29) is 11.2 Å². The van der Waals surface area contributed by atoms with Crippen LogP contribution in [-0.4, -0.2) is 33.7 Å². The number of nitrogens with two attached hydrogens (primary N) is 1. The minimum Gasteiger partial charge on any atom is -0.426 e. The van der Waals surface area contributed by atoms with E-state index in [0.29, 0.717) is 11.3 Å². The maximum Gasteiger partial charge on any atom is 0.499 e. The fourth-order valence-electron chi connectivity index (χ4n) is 1.96. The van der Waals surface area contributed by atoms with Crippen LogP contribution in [0.25, 0.3) is 0 Å². The van der Waals surface area contributed by atoms with Gasteiger partial charge in [-0.15, -0.1) is 0 Å². The third-order valence-electron chi connectivity index (χ3n) is 3.29. The Morgan fingerprint density at radius 3 is 2.03 bits per heavy atom. The Balaban J connectivity index is 0.000000861. The van der Waals surface area contributed by atoms with Crippen molar-refractivity contribution in [2.24, 2.45) is 5.73 Å². The Morgan fingerprint density at radius 1 is 1.06 bits per heavy atom. The van der Waals surface area contributed by atoms with E-state index < -0.39 is 30.0 Å². The number of halogens is 5. The number of rotatable bonds is 5. The predicted molar refractivity (Wildman–Crippen MR) is 105 cm³/mol. The molecule has 2 aromatic rings. The molecule has 6 nitrogen and oxygen atoms in total. The normalized spacial score (nSPS) is 13.0. The minimum absolute atomic E-state index is 0. The Hall–Kier alpha value is -2.82. The van der Waals surface area contributed by atoms with Gasteiger partial charge >= 0.3 is 12.3 Å². The number of ether oxygens (including phenoxy) is 1. The molecular weight excluding hydrogens is 423 g/mol. The van der Waals surface area contributed by atoms with Crippen LogP contribution in [0.1, 0.15) is 55.5 Å². The lowest BCUT2D eigenvalue weighted by atomic mass is 10.1. The van der Waals surface area contributed by atoms with Crippen LogP contribution in [0.3, 0.4) is 0 Å². The van der Waals surface area contributed by atoms with E-state index in [1.165, 1.54) is 24.5 Å². The van der Waals surface area contributed by atoms with Crippen LogP contribution in [-0.2, 0) is 0 Å². The molecule has 0 saturated carbocycles. The van der Waals surface area contributed by atoms with Crippen molar-refractivity contribution < 1.29 is 31.5 Å². The van der Waals surface area contributed by atoms with E-state index in [0.717, 1.165) is 12.1 Å². The number of carbonyl (C=O) groups is 1. The number of aromatic nitrogens is 2. The standard InChI is InChI=1S/C16H14F5N3O2.C4H11N/c1-9-7-22-8-13(23-9)14(25)24-10(2)11-3-5-12(6-4-11)26-16(20,21)15(17,18)19;1-4(2,3)5/h3-8,10H,1-2H3,(H,24,25);5H2,1-3H3. The lowest BCUT2D eigenvalue weighted by Crippen LogP contribution is -2.41. The maximum atomic E-state index is 12.9. The number of alkyl halides is 5. The molecule has 3 N–H and O–H groups in total. The lowest BCUT2D eigenvalue weighted by molar-refractivity contribution is -0.360. The van der Waals surface area contributed by atoms with Gasteiger partial charge in [-0.2, -0.15) is 22.0 Å². The summed E-state index contributed by atoms with van der Waals surface area (Å²) in [5.41, 5.74) is 6.48. The third kappa shape index (κ3) is 9.24. The summed E-state index contributed by atoms with van der Waals surface area (Å²) in [5, 5.41) is 2.62. The molecule has 2 rings (SSSR count). The van der Waals surface area contributed by atoms with Crippen molar-refractivity contribution in [1.82, 2.24) is 15.3 Å². The van der Waals surface area contributed by atoms with Gasteiger partial charge in [0.25, 0.3) is 5.91 Å². The molecule has 0 aliphatic heterocycles. The van der Waals surface area contributed by atoms with Crippen molar-refractivity contribution in [3.63, 3.8) is 0 Å². The van der Waals surface area contributed by atoms with Gasteiger partial charge in [0, 0.05) is 11.7 Å². The molecule has 0 bridgehead atoms. The third-order valence-corrected chi connectivity index (χ3v) is 3.29.